The lowest BCUT2D eigenvalue weighted by atomic mass is 10.1. The third-order valence-corrected chi connectivity index (χ3v) is 5.06. The number of ether oxygens (including phenoxy) is 1. The van der Waals surface area contributed by atoms with E-state index in [-0.39, 0.29) is 6.09 Å². The molecule has 6 nitrogen and oxygen atoms in total. The lowest BCUT2D eigenvalue weighted by molar-refractivity contribution is 0.0263. The van der Waals surface area contributed by atoms with Crippen LogP contribution >= 0.6 is 15.9 Å². The predicted octanol–water partition coefficient (Wildman–Crippen LogP) is 4.83. The largest absolute Gasteiger partial charge is 0.444 e. The van der Waals surface area contributed by atoms with E-state index in [9.17, 15) is 10.1 Å². The molecule has 0 aliphatic carbocycles. The van der Waals surface area contributed by atoms with Crippen LogP contribution in [0.1, 0.15) is 32.8 Å². The zero-order valence-electron chi connectivity index (χ0n) is 17.0. The van der Waals surface area contributed by atoms with E-state index in [2.05, 4.69) is 26.9 Å². The molecule has 2 heterocycles. The SMILES string of the molecule is CC(C)(C)OC(=O)N1CCCN(c2nc(-c3cccc(Br)c3)ccc2C#N)CC1. The highest BCUT2D eigenvalue weighted by Gasteiger charge is 2.25. The van der Waals surface area contributed by atoms with Crippen molar-refractivity contribution in [3.8, 4) is 17.3 Å². The van der Waals surface area contributed by atoms with Crippen molar-refractivity contribution < 1.29 is 9.53 Å². The van der Waals surface area contributed by atoms with E-state index in [0.29, 0.717) is 31.0 Å². The minimum Gasteiger partial charge on any atom is -0.444 e. The number of nitriles is 1. The standard InChI is InChI=1S/C22H25BrN4O2/c1-22(2,3)29-21(28)27-11-5-10-26(12-13-27)20-17(15-24)8-9-19(25-20)16-6-4-7-18(23)14-16/h4,6-9,14H,5,10-13H2,1-3H3. The Labute approximate surface area is 180 Å². The first kappa shape index (κ1) is 21.1. The summed E-state index contributed by atoms with van der Waals surface area (Å²) >= 11 is 3.49. The zero-order valence-corrected chi connectivity index (χ0v) is 18.6. The molecule has 0 bridgehead atoms. The first-order valence-electron chi connectivity index (χ1n) is 9.67. The van der Waals surface area contributed by atoms with Crippen LogP contribution in [0.2, 0.25) is 0 Å². The number of hydrogen-bond acceptors (Lipinski definition) is 5. The van der Waals surface area contributed by atoms with Crippen LogP contribution in [0.3, 0.4) is 0 Å². The summed E-state index contributed by atoms with van der Waals surface area (Å²) < 4.78 is 6.48. The average molecular weight is 457 g/mol. The molecule has 152 valence electrons. The van der Waals surface area contributed by atoms with Crippen LogP contribution in [-0.2, 0) is 4.74 Å². The molecule has 1 saturated heterocycles. The van der Waals surface area contributed by atoms with Crippen LogP contribution in [0, 0.1) is 11.3 Å². The van der Waals surface area contributed by atoms with E-state index in [1.165, 1.54) is 0 Å². The molecule has 0 spiro atoms. The summed E-state index contributed by atoms with van der Waals surface area (Å²) in [5.74, 6) is 0.663. The maximum absolute atomic E-state index is 12.4. The lowest BCUT2D eigenvalue weighted by Gasteiger charge is -2.27. The van der Waals surface area contributed by atoms with E-state index in [0.717, 1.165) is 28.7 Å². The minimum absolute atomic E-state index is 0.296. The smallest absolute Gasteiger partial charge is 0.410 e. The second-order valence-corrected chi connectivity index (χ2v) is 8.91. The summed E-state index contributed by atoms with van der Waals surface area (Å²) in [6, 6.07) is 13.9. The molecule has 1 aliphatic rings. The monoisotopic (exact) mass is 456 g/mol. The number of carbonyl (C=O) groups is 1. The molecule has 0 N–H and O–H groups in total. The third-order valence-electron chi connectivity index (χ3n) is 4.56. The van der Waals surface area contributed by atoms with Gasteiger partial charge in [-0.15, -0.1) is 0 Å². The van der Waals surface area contributed by atoms with Gasteiger partial charge in [0.2, 0.25) is 0 Å². The number of carbonyl (C=O) groups excluding carboxylic acids is 1. The lowest BCUT2D eigenvalue weighted by Crippen LogP contribution is -2.39. The van der Waals surface area contributed by atoms with Gasteiger partial charge in [0.15, 0.2) is 0 Å². The van der Waals surface area contributed by atoms with Crippen molar-refractivity contribution in [1.82, 2.24) is 9.88 Å². The van der Waals surface area contributed by atoms with Crippen molar-refractivity contribution in [2.45, 2.75) is 32.8 Å². The number of anilines is 1. The highest BCUT2D eigenvalue weighted by molar-refractivity contribution is 9.10. The Morgan fingerprint density at radius 3 is 2.66 bits per heavy atom. The maximum atomic E-state index is 12.4. The number of rotatable bonds is 2. The summed E-state index contributed by atoms with van der Waals surface area (Å²) in [4.78, 5) is 21.0. The third kappa shape index (κ3) is 5.48. The molecular formula is C22H25BrN4O2. The fraction of sp³-hybridized carbons (Fsp3) is 0.409. The Hall–Kier alpha value is -2.59. The van der Waals surface area contributed by atoms with Gasteiger partial charge in [0.25, 0.3) is 0 Å². The van der Waals surface area contributed by atoms with Crippen molar-refractivity contribution in [2.24, 2.45) is 0 Å². The molecule has 1 aromatic heterocycles. The van der Waals surface area contributed by atoms with Gasteiger partial charge in [0.05, 0.1) is 11.3 Å². The second-order valence-electron chi connectivity index (χ2n) is 8.00. The summed E-state index contributed by atoms with van der Waals surface area (Å²) in [6.07, 6.45) is 0.489. The van der Waals surface area contributed by atoms with Crippen molar-refractivity contribution in [2.75, 3.05) is 31.1 Å². The number of halogens is 1. The van der Waals surface area contributed by atoms with Gasteiger partial charge in [0, 0.05) is 36.2 Å². The molecule has 7 heteroatoms. The molecule has 0 unspecified atom stereocenters. The Morgan fingerprint density at radius 2 is 1.97 bits per heavy atom. The molecule has 1 fully saturated rings. The van der Waals surface area contributed by atoms with Gasteiger partial charge in [0.1, 0.15) is 17.5 Å². The topological polar surface area (TPSA) is 69.5 Å². The number of nitrogens with zero attached hydrogens (tertiary/aromatic N) is 4. The van der Waals surface area contributed by atoms with Gasteiger partial charge in [-0.05, 0) is 51.5 Å². The summed E-state index contributed by atoms with van der Waals surface area (Å²) in [6.45, 7) is 8.08. The molecular weight excluding hydrogens is 432 g/mol. The van der Waals surface area contributed by atoms with Crippen molar-refractivity contribution in [3.63, 3.8) is 0 Å². The first-order chi connectivity index (χ1) is 13.8. The van der Waals surface area contributed by atoms with Gasteiger partial charge < -0.3 is 14.5 Å². The van der Waals surface area contributed by atoms with Crippen LogP contribution in [0.15, 0.2) is 40.9 Å². The van der Waals surface area contributed by atoms with Crippen LogP contribution in [0.25, 0.3) is 11.3 Å². The van der Waals surface area contributed by atoms with Gasteiger partial charge in [-0.3, -0.25) is 0 Å². The Balaban J connectivity index is 1.82. The fourth-order valence-corrected chi connectivity index (χ4v) is 3.62. The molecule has 29 heavy (non-hydrogen) atoms. The summed E-state index contributed by atoms with van der Waals surface area (Å²) in [5, 5.41) is 9.58. The molecule has 2 aromatic rings. The Bertz CT molecular complexity index is 933. The fourth-order valence-electron chi connectivity index (χ4n) is 3.22. The highest BCUT2D eigenvalue weighted by atomic mass is 79.9. The number of benzene rings is 1. The number of aromatic nitrogens is 1. The summed E-state index contributed by atoms with van der Waals surface area (Å²) in [5.41, 5.74) is 1.81. The van der Waals surface area contributed by atoms with Gasteiger partial charge in [-0.25, -0.2) is 9.78 Å². The van der Waals surface area contributed by atoms with Gasteiger partial charge in [-0.2, -0.15) is 5.26 Å². The Morgan fingerprint density at radius 1 is 1.17 bits per heavy atom. The van der Waals surface area contributed by atoms with Crippen LogP contribution < -0.4 is 4.90 Å². The summed E-state index contributed by atoms with van der Waals surface area (Å²) in [7, 11) is 0. The molecule has 3 rings (SSSR count). The molecule has 1 amide bonds. The van der Waals surface area contributed by atoms with Crippen molar-refractivity contribution >= 4 is 27.8 Å². The van der Waals surface area contributed by atoms with E-state index in [1.807, 2.05) is 57.2 Å². The van der Waals surface area contributed by atoms with E-state index in [1.54, 1.807) is 4.90 Å². The zero-order chi connectivity index (χ0) is 21.0. The average Bonchev–Trinajstić information content (AvgIpc) is 2.92. The van der Waals surface area contributed by atoms with Crippen molar-refractivity contribution in [1.29, 1.82) is 5.26 Å². The molecule has 0 saturated carbocycles. The molecule has 1 aromatic carbocycles. The van der Waals surface area contributed by atoms with Gasteiger partial charge >= 0.3 is 6.09 Å². The molecule has 0 radical (unpaired) electrons. The molecule has 1 aliphatic heterocycles. The molecule has 0 atom stereocenters. The van der Waals surface area contributed by atoms with E-state index >= 15 is 0 Å². The number of hydrogen-bond donors (Lipinski definition) is 0. The van der Waals surface area contributed by atoms with E-state index < -0.39 is 5.60 Å². The highest BCUT2D eigenvalue weighted by Crippen LogP contribution is 2.27. The normalized spacial score (nSPS) is 14.9. The maximum Gasteiger partial charge on any atom is 0.410 e. The second kappa shape index (κ2) is 8.83. The van der Waals surface area contributed by atoms with Crippen LogP contribution in [-0.4, -0.2) is 47.8 Å². The van der Waals surface area contributed by atoms with E-state index in [4.69, 9.17) is 9.72 Å². The van der Waals surface area contributed by atoms with Gasteiger partial charge in [-0.1, -0.05) is 28.1 Å². The predicted molar refractivity (Wildman–Crippen MR) is 117 cm³/mol. The Kier molecular flexibility index (Phi) is 6.43. The minimum atomic E-state index is -0.517. The van der Waals surface area contributed by atoms with Crippen LogP contribution in [0.4, 0.5) is 10.6 Å². The van der Waals surface area contributed by atoms with Crippen molar-refractivity contribution in [3.05, 3.63) is 46.4 Å². The first-order valence-corrected chi connectivity index (χ1v) is 10.5. The number of pyridine rings is 1. The van der Waals surface area contributed by atoms with Crippen LogP contribution in [0.5, 0.6) is 0 Å². The number of amides is 1. The quantitative estimate of drug-likeness (QED) is 0.646.